The van der Waals surface area contributed by atoms with E-state index >= 15 is 0 Å². The van der Waals surface area contributed by atoms with Gasteiger partial charge in [-0.25, -0.2) is 0 Å². The van der Waals surface area contributed by atoms with Gasteiger partial charge in [-0.2, -0.15) is 5.26 Å². The Bertz CT molecular complexity index is 793. The van der Waals surface area contributed by atoms with E-state index in [-0.39, 0.29) is 0 Å². The zero-order valence-corrected chi connectivity index (χ0v) is 11.1. The largest absolute Gasteiger partial charge is 0.343 e. The number of nitrogens with two attached hydrogens (primary N) is 1. The lowest BCUT2D eigenvalue weighted by atomic mass is 10.1. The monoisotopic (exact) mass is 261 g/mol. The molecular weight excluding hydrogens is 246 g/mol. The number of benzene rings is 2. The van der Waals surface area contributed by atoms with Gasteiger partial charge in [-0.05, 0) is 40.8 Å². The number of nitriles is 1. The van der Waals surface area contributed by atoms with Crippen LogP contribution in [0, 0.1) is 11.3 Å². The number of hydrogen-bond acceptors (Lipinski definition) is 2. The van der Waals surface area contributed by atoms with Crippen molar-refractivity contribution in [2.24, 2.45) is 5.73 Å². The Kier molecular flexibility index (Phi) is 3.24. The number of rotatable bonds is 3. The fraction of sp³-hybridized carbons (Fsp3) is 0.118. The van der Waals surface area contributed by atoms with Crippen molar-refractivity contribution in [1.29, 1.82) is 5.26 Å². The highest BCUT2D eigenvalue weighted by Crippen LogP contribution is 2.19. The summed E-state index contributed by atoms with van der Waals surface area (Å²) in [5.74, 6) is 0. The first-order valence-corrected chi connectivity index (χ1v) is 6.57. The fourth-order valence-corrected chi connectivity index (χ4v) is 2.43. The van der Waals surface area contributed by atoms with Gasteiger partial charge in [0.1, 0.15) is 0 Å². The van der Waals surface area contributed by atoms with Gasteiger partial charge >= 0.3 is 0 Å². The van der Waals surface area contributed by atoms with Crippen molar-refractivity contribution in [3.63, 3.8) is 0 Å². The summed E-state index contributed by atoms with van der Waals surface area (Å²) < 4.78 is 2.19. The first-order chi connectivity index (χ1) is 9.80. The Hall–Kier alpha value is -2.57. The maximum Gasteiger partial charge on any atom is 0.0991 e. The summed E-state index contributed by atoms with van der Waals surface area (Å²) in [5, 5.41) is 10.2. The molecule has 3 aromatic rings. The van der Waals surface area contributed by atoms with Crippen LogP contribution in [0.1, 0.15) is 16.7 Å². The normalized spacial score (nSPS) is 10.6. The molecule has 1 aromatic heterocycles. The molecule has 0 aliphatic rings. The fourth-order valence-electron chi connectivity index (χ4n) is 2.43. The molecule has 2 N–H and O–H groups in total. The van der Waals surface area contributed by atoms with E-state index in [0.717, 1.165) is 17.7 Å². The second kappa shape index (κ2) is 5.20. The van der Waals surface area contributed by atoms with Crippen molar-refractivity contribution in [3.05, 3.63) is 71.4 Å². The Morgan fingerprint density at radius 2 is 1.95 bits per heavy atom. The van der Waals surface area contributed by atoms with Crippen molar-refractivity contribution in [3.8, 4) is 6.07 Å². The molecule has 0 spiro atoms. The summed E-state index contributed by atoms with van der Waals surface area (Å²) in [6.07, 6.45) is 2.07. The predicted octanol–water partition coefficient (Wildman–Crippen LogP) is 3.02. The molecule has 3 heteroatoms. The van der Waals surface area contributed by atoms with Gasteiger partial charge in [-0.15, -0.1) is 0 Å². The van der Waals surface area contributed by atoms with Crippen LogP contribution in [0.2, 0.25) is 0 Å². The average molecular weight is 261 g/mol. The SMILES string of the molecule is N#Cc1cccc(Cn2ccc3ccc(CN)cc32)c1. The number of hydrogen-bond donors (Lipinski definition) is 1. The highest BCUT2D eigenvalue weighted by molar-refractivity contribution is 5.81. The maximum atomic E-state index is 8.96. The Morgan fingerprint density at radius 3 is 2.75 bits per heavy atom. The molecule has 0 aliphatic carbocycles. The molecule has 1 heterocycles. The second-order valence-electron chi connectivity index (χ2n) is 4.85. The van der Waals surface area contributed by atoms with Gasteiger partial charge < -0.3 is 10.3 Å². The molecule has 0 bridgehead atoms. The van der Waals surface area contributed by atoms with E-state index < -0.39 is 0 Å². The quantitative estimate of drug-likeness (QED) is 0.788. The number of nitrogens with zero attached hydrogens (tertiary/aromatic N) is 2. The molecule has 0 amide bonds. The molecule has 2 aromatic carbocycles. The van der Waals surface area contributed by atoms with Crippen LogP contribution < -0.4 is 5.73 Å². The molecule has 0 saturated carbocycles. The van der Waals surface area contributed by atoms with Gasteiger partial charge in [0.2, 0.25) is 0 Å². The van der Waals surface area contributed by atoms with Crippen LogP contribution in [0.5, 0.6) is 0 Å². The summed E-state index contributed by atoms with van der Waals surface area (Å²) >= 11 is 0. The van der Waals surface area contributed by atoms with E-state index in [0.29, 0.717) is 12.1 Å². The van der Waals surface area contributed by atoms with Gasteiger partial charge in [0.05, 0.1) is 11.6 Å². The average Bonchev–Trinajstić information content (AvgIpc) is 2.89. The van der Waals surface area contributed by atoms with E-state index in [4.69, 9.17) is 11.0 Å². The van der Waals surface area contributed by atoms with Gasteiger partial charge in [-0.1, -0.05) is 24.3 Å². The minimum Gasteiger partial charge on any atom is -0.343 e. The summed E-state index contributed by atoms with van der Waals surface area (Å²) in [6, 6.07) is 18.3. The summed E-state index contributed by atoms with van der Waals surface area (Å²) in [7, 11) is 0. The first-order valence-electron chi connectivity index (χ1n) is 6.57. The Morgan fingerprint density at radius 1 is 1.05 bits per heavy atom. The van der Waals surface area contributed by atoms with Crippen molar-refractivity contribution in [2.75, 3.05) is 0 Å². The van der Waals surface area contributed by atoms with Crippen molar-refractivity contribution in [2.45, 2.75) is 13.1 Å². The highest BCUT2D eigenvalue weighted by Gasteiger charge is 2.03. The van der Waals surface area contributed by atoms with Crippen LogP contribution in [0.25, 0.3) is 10.9 Å². The van der Waals surface area contributed by atoms with Crippen molar-refractivity contribution < 1.29 is 0 Å². The van der Waals surface area contributed by atoms with Gasteiger partial charge in [0.25, 0.3) is 0 Å². The first kappa shape index (κ1) is 12.5. The highest BCUT2D eigenvalue weighted by atomic mass is 14.9. The minimum atomic E-state index is 0.547. The van der Waals surface area contributed by atoms with Crippen LogP contribution in [0.3, 0.4) is 0 Å². The van der Waals surface area contributed by atoms with Crippen LogP contribution in [0.4, 0.5) is 0 Å². The third-order valence-corrected chi connectivity index (χ3v) is 3.48. The second-order valence-corrected chi connectivity index (χ2v) is 4.85. The standard InChI is InChI=1S/C17H15N3/c18-10-13-2-1-3-15(8-13)12-20-7-6-16-5-4-14(11-19)9-17(16)20/h1-9H,11-12,19H2. The summed E-state index contributed by atoms with van der Waals surface area (Å²) in [5.41, 5.74) is 9.83. The lowest BCUT2D eigenvalue weighted by Crippen LogP contribution is -2.00. The van der Waals surface area contributed by atoms with E-state index in [1.165, 1.54) is 10.9 Å². The molecule has 0 fully saturated rings. The lowest BCUT2D eigenvalue weighted by Gasteiger charge is -2.07. The molecule has 3 nitrogen and oxygen atoms in total. The molecule has 0 atom stereocenters. The third kappa shape index (κ3) is 2.29. The smallest absolute Gasteiger partial charge is 0.0991 e. The van der Waals surface area contributed by atoms with Crippen LogP contribution in [0.15, 0.2) is 54.7 Å². The minimum absolute atomic E-state index is 0.547. The maximum absolute atomic E-state index is 8.96. The summed E-state index contributed by atoms with van der Waals surface area (Å²) in [4.78, 5) is 0. The van der Waals surface area contributed by atoms with E-state index in [1.54, 1.807) is 0 Å². The van der Waals surface area contributed by atoms with Gasteiger partial charge in [0.15, 0.2) is 0 Å². The van der Waals surface area contributed by atoms with E-state index in [2.05, 4.69) is 41.1 Å². The third-order valence-electron chi connectivity index (χ3n) is 3.48. The molecule has 98 valence electrons. The molecule has 0 unspecified atom stereocenters. The van der Waals surface area contributed by atoms with Gasteiger partial charge in [-0.3, -0.25) is 0 Å². The van der Waals surface area contributed by atoms with Crippen molar-refractivity contribution in [1.82, 2.24) is 4.57 Å². The van der Waals surface area contributed by atoms with Crippen molar-refractivity contribution >= 4 is 10.9 Å². The molecular formula is C17H15N3. The molecule has 0 aliphatic heterocycles. The summed E-state index contributed by atoms with van der Waals surface area (Å²) in [6.45, 7) is 1.30. The van der Waals surface area contributed by atoms with Gasteiger partial charge in [0, 0.05) is 24.8 Å². The van der Waals surface area contributed by atoms with E-state index in [9.17, 15) is 0 Å². The topological polar surface area (TPSA) is 54.7 Å². The lowest BCUT2D eigenvalue weighted by molar-refractivity contribution is 0.835. The van der Waals surface area contributed by atoms with Crippen LogP contribution in [-0.2, 0) is 13.1 Å². The van der Waals surface area contributed by atoms with E-state index in [1.807, 2.05) is 24.3 Å². The Balaban J connectivity index is 2.00. The molecule has 0 saturated heterocycles. The molecule has 20 heavy (non-hydrogen) atoms. The molecule has 3 rings (SSSR count). The number of fused-ring (bicyclic) bond motifs is 1. The molecule has 0 radical (unpaired) electrons. The van der Waals surface area contributed by atoms with Crippen LogP contribution in [-0.4, -0.2) is 4.57 Å². The predicted molar refractivity (Wildman–Crippen MR) is 80.1 cm³/mol. The zero-order chi connectivity index (χ0) is 13.9. The van der Waals surface area contributed by atoms with Crippen LogP contribution >= 0.6 is 0 Å². The number of aromatic nitrogens is 1. The zero-order valence-electron chi connectivity index (χ0n) is 11.1. The Labute approximate surface area is 117 Å².